The van der Waals surface area contributed by atoms with Gasteiger partial charge < -0.3 is 20.5 Å². The van der Waals surface area contributed by atoms with Crippen molar-refractivity contribution in [2.24, 2.45) is 0 Å². The lowest BCUT2D eigenvalue weighted by molar-refractivity contribution is -0.384. The quantitative estimate of drug-likeness (QED) is 0.220. The van der Waals surface area contributed by atoms with Crippen LogP contribution in [0, 0.1) is 15.9 Å². The normalized spacial score (nSPS) is 17.8. The van der Waals surface area contributed by atoms with Crippen molar-refractivity contribution in [1.82, 2.24) is 10.3 Å². The van der Waals surface area contributed by atoms with Crippen LogP contribution in [0.1, 0.15) is 49.8 Å². The van der Waals surface area contributed by atoms with Crippen molar-refractivity contribution in [3.63, 3.8) is 0 Å². The molecule has 0 saturated heterocycles. The maximum Gasteiger partial charge on any atom is 0.320 e. The molecular formula is C27H30FN5O5. The molecular weight excluding hydrogens is 493 g/mol. The first-order valence-corrected chi connectivity index (χ1v) is 12.4. The lowest BCUT2D eigenvalue weighted by Crippen LogP contribution is -2.41. The molecule has 38 heavy (non-hydrogen) atoms. The fourth-order valence-corrected chi connectivity index (χ4v) is 4.34. The molecule has 1 aliphatic rings. The Bertz CT molecular complexity index is 1270. The van der Waals surface area contributed by atoms with Gasteiger partial charge in [0.2, 0.25) is 5.82 Å². The average Bonchev–Trinajstić information content (AvgIpc) is 2.89. The molecule has 0 spiro atoms. The van der Waals surface area contributed by atoms with Crippen molar-refractivity contribution in [3.8, 4) is 5.75 Å². The molecule has 0 aliphatic heterocycles. The number of nitrogens with zero attached hydrogens (tertiary/aromatic N) is 2. The van der Waals surface area contributed by atoms with Gasteiger partial charge in [0, 0.05) is 17.7 Å². The first-order valence-electron chi connectivity index (χ1n) is 12.4. The number of nitro groups is 1. The highest BCUT2D eigenvalue weighted by atomic mass is 19.1. The number of halogens is 1. The Hall–Kier alpha value is -4.25. The monoisotopic (exact) mass is 523 g/mol. The van der Waals surface area contributed by atoms with Gasteiger partial charge in [-0.05, 0) is 62.4 Å². The van der Waals surface area contributed by atoms with Crippen LogP contribution in [0.4, 0.5) is 26.5 Å². The lowest BCUT2D eigenvalue weighted by Gasteiger charge is -2.26. The molecule has 200 valence electrons. The predicted molar refractivity (Wildman–Crippen MR) is 141 cm³/mol. The molecule has 2 amide bonds. The summed E-state index contributed by atoms with van der Waals surface area (Å²) >= 11 is 0. The van der Waals surface area contributed by atoms with Crippen LogP contribution in [0.25, 0.3) is 0 Å². The van der Waals surface area contributed by atoms with E-state index in [0.29, 0.717) is 43.6 Å². The SMILES string of the molecule is C[C@@H](Nc1ccc([N+](=O)[O-])c(NC(=O)N[C@H]2CC[C@@H](O)CC2)n1)c1cc(F)ccc1OCc1ccccc1. The van der Waals surface area contributed by atoms with Crippen molar-refractivity contribution in [2.75, 3.05) is 10.6 Å². The fraction of sp³-hybridized carbons (Fsp3) is 0.333. The number of hydrogen-bond donors (Lipinski definition) is 4. The van der Waals surface area contributed by atoms with Crippen LogP contribution in [0.5, 0.6) is 5.75 Å². The minimum absolute atomic E-state index is 0.138. The molecule has 1 aliphatic carbocycles. The van der Waals surface area contributed by atoms with E-state index in [1.165, 1.54) is 24.3 Å². The number of aromatic nitrogens is 1. The van der Waals surface area contributed by atoms with E-state index < -0.39 is 22.8 Å². The van der Waals surface area contributed by atoms with Crippen molar-refractivity contribution in [3.05, 3.63) is 87.7 Å². The Morgan fingerprint density at radius 2 is 1.89 bits per heavy atom. The third-order valence-corrected chi connectivity index (χ3v) is 6.37. The van der Waals surface area contributed by atoms with E-state index in [9.17, 15) is 24.4 Å². The van der Waals surface area contributed by atoms with Crippen LogP contribution in [0.2, 0.25) is 0 Å². The second-order valence-corrected chi connectivity index (χ2v) is 9.25. The second-order valence-electron chi connectivity index (χ2n) is 9.25. The van der Waals surface area contributed by atoms with Crippen LogP contribution in [-0.2, 0) is 6.61 Å². The molecule has 4 N–H and O–H groups in total. The van der Waals surface area contributed by atoms with Crippen molar-refractivity contribution in [1.29, 1.82) is 0 Å². The lowest BCUT2D eigenvalue weighted by atomic mass is 9.93. The fourth-order valence-electron chi connectivity index (χ4n) is 4.34. The van der Waals surface area contributed by atoms with Gasteiger partial charge in [0.05, 0.1) is 17.1 Å². The highest BCUT2D eigenvalue weighted by Gasteiger charge is 2.24. The standard InChI is InChI=1S/C27H30FN5O5/c1-17(22-15-19(28)7-13-24(22)38-16-18-5-3-2-4-6-18)29-25-14-12-23(33(36)37)26(31-25)32-27(35)30-20-8-10-21(34)11-9-20/h2-7,12-15,17,20-21,34H,8-11,16H2,1H3,(H3,29,30,31,32,35)/t17-,20-,21+/m1/s1. The zero-order chi connectivity index (χ0) is 27.1. The predicted octanol–water partition coefficient (Wildman–Crippen LogP) is 5.31. The molecule has 0 bridgehead atoms. The summed E-state index contributed by atoms with van der Waals surface area (Å²) in [4.78, 5) is 27.7. The van der Waals surface area contributed by atoms with Crippen LogP contribution in [-0.4, -0.2) is 33.2 Å². The van der Waals surface area contributed by atoms with Gasteiger partial charge in [0.1, 0.15) is 24.0 Å². The van der Waals surface area contributed by atoms with Gasteiger partial charge >= 0.3 is 11.7 Å². The van der Waals surface area contributed by atoms with Crippen LogP contribution >= 0.6 is 0 Å². The minimum atomic E-state index is -0.630. The van der Waals surface area contributed by atoms with Crippen LogP contribution in [0.15, 0.2) is 60.7 Å². The number of urea groups is 1. The Balaban J connectivity index is 1.47. The largest absolute Gasteiger partial charge is 0.489 e. The Labute approximate surface area is 219 Å². The van der Waals surface area contributed by atoms with E-state index in [2.05, 4.69) is 20.9 Å². The molecule has 11 heteroatoms. The molecule has 4 rings (SSSR count). The van der Waals surface area contributed by atoms with Gasteiger partial charge in [-0.2, -0.15) is 0 Å². The van der Waals surface area contributed by atoms with Gasteiger partial charge in [0.25, 0.3) is 0 Å². The number of aliphatic hydroxyl groups excluding tert-OH is 1. The van der Waals surface area contributed by atoms with Crippen LogP contribution < -0.4 is 20.7 Å². The number of hydrogen-bond acceptors (Lipinski definition) is 7. The molecule has 0 unspecified atom stereocenters. The van der Waals surface area contributed by atoms with E-state index in [0.717, 1.165) is 5.56 Å². The molecule has 1 saturated carbocycles. The summed E-state index contributed by atoms with van der Waals surface area (Å²) in [5, 5.41) is 29.5. The first kappa shape index (κ1) is 26.8. The van der Waals surface area contributed by atoms with E-state index in [-0.39, 0.29) is 29.5 Å². The van der Waals surface area contributed by atoms with E-state index in [1.54, 1.807) is 13.0 Å². The number of pyridine rings is 1. The first-order chi connectivity index (χ1) is 18.3. The number of benzene rings is 2. The highest BCUT2D eigenvalue weighted by Crippen LogP contribution is 2.31. The Morgan fingerprint density at radius 1 is 1.16 bits per heavy atom. The number of aliphatic hydroxyl groups is 1. The summed E-state index contributed by atoms with van der Waals surface area (Å²) in [6.07, 6.45) is 2.03. The van der Waals surface area contributed by atoms with Gasteiger partial charge in [-0.15, -0.1) is 0 Å². The smallest absolute Gasteiger partial charge is 0.320 e. The number of amides is 2. The number of carbonyl (C=O) groups is 1. The number of nitrogens with one attached hydrogen (secondary N) is 3. The maximum atomic E-state index is 14.1. The molecule has 2 aromatic carbocycles. The number of ether oxygens (including phenoxy) is 1. The number of rotatable bonds is 9. The third-order valence-electron chi connectivity index (χ3n) is 6.37. The molecule has 1 fully saturated rings. The third kappa shape index (κ3) is 7.16. The van der Waals surface area contributed by atoms with Gasteiger partial charge in [0.15, 0.2) is 0 Å². The zero-order valence-electron chi connectivity index (χ0n) is 20.9. The van der Waals surface area contributed by atoms with Crippen LogP contribution in [0.3, 0.4) is 0 Å². The molecule has 1 atom stereocenters. The second kappa shape index (κ2) is 12.3. The Morgan fingerprint density at radius 3 is 2.61 bits per heavy atom. The maximum absolute atomic E-state index is 14.1. The topological polar surface area (TPSA) is 139 Å². The van der Waals surface area contributed by atoms with E-state index in [1.807, 2.05) is 30.3 Å². The molecule has 3 aromatic rings. The van der Waals surface area contributed by atoms with Gasteiger partial charge in [-0.25, -0.2) is 14.2 Å². The van der Waals surface area contributed by atoms with E-state index in [4.69, 9.17) is 4.74 Å². The summed E-state index contributed by atoms with van der Waals surface area (Å²) < 4.78 is 20.1. The van der Waals surface area contributed by atoms with Crippen molar-refractivity contribution in [2.45, 2.75) is 57.4 Å². The molecule has 0 radical (unpaired) electrons. The summed E-state index contributed by atoms with van der Waals surface area (Å²) in [7, 11) is 0. The van der Waals surface area contributed by atoms with Crippen molar-refractivity contribution < 1.29 is 24.0 Å². The summed E-state index contributed by atoms with van der Waals surface area (Å²) in [5.74, 6) is 0.0666. The number of anilines is 2. The van der Waals surface area contributed by atoms with Crippen molar-refractivity contribution >= 4 is 23.4 Å². The molecule has 1 aromatic heterocycles. The minimum Gasteiger partial charge on any atom is -0.489 e. The highest BCUT2D eigenvalue weighted by molar-refractivity contribution is 5.91. The summed E-state index contributed by atoms with van der Waals surface area (Å²) in [6, 6.07) is 15.2. The Kier molecular flexibility index (Phi) is 8.70. The summed E-state index contributed by atoms with van der Waals surface area (Å²) in [6.45, 7) is 2.08. The number of carbonyl (C=O) groups excluding carboxylic acids is 1. The van der Waals surface area contributed by atoms with Gasteiger partial charge in [-0.1, -0.05) is 30.3 Å². The molecule has 1 heterocycles. The summed E-state index contributed by atoms with van der Waals surface area (Å²) in [5.41, 5.74) is 1.13. The average molecular weight is 524 g/mol. The van der Waals surface area contributed by atoms with E-state index >= 15 is 0 Å². The zero-order valence-corrected chi connectivity index (χ0v) is 20.9. The molecule has 10 nitrogen and oxygen atoms in total. The van der Waals surface area contributed by atoms with Gasteiger partial charge in [-0.3, -0.25) is 15.4 Å².